The fraction of sp³-hybridized carbons (Fsp3) is 0.368. The van der Waals surface area contributed by atoms with E-state index in [1.165, 1.54) is 27.5 Å². The molecule has 1 fully saturated rings. The Balaban J connectivity index is 1.51. The minimum absolute atomic E-state index is 0.347. The van der Waals surface area contributed by atoms with Crippen molar-refractivity contribution in [2.75, 3.05) is 26.2 Å². The highest BCUT2D eigenvalue weighted by atomic mass is 127. The minimum Gasteiger partial charge on any atom is -0.491 e. The lowest BCUT2D eigenvalue weighted by Crippen LogP contribution is -2.33. The first-order chi connectivity index (χ1) is 11.2. The summed E-state index contributed by atoms with van der Waals surface area (Å²) in [4.78, 5) is 2.30. The summed E-state index contributed by atoms with van der Waals surface area (Å²) >= 11 is 2.31. The van der Waals surface area contributed by atoms with E-state index in [4.69, 9.17) is 4.74 Å². The fourth-order valence-corrected chi connectivity index (χ4v) is 3.25. The van der Waals surface area contributed by atoms with E-state index in [1.54, 1.807) is 0 Å². The van der Waals surface area contributed by atoms with Crippen molar-refractivity contribution >= 4 is 22.6 Å². The van der Waals surface area contributed by atoms with Crippen LogP contribution in [0.2, 0.25) is 0 Å². The van der Waals surface area contributed by atoms with Crippen LogP contribution in [-0.2, 0) is 0 Å². The van der Waals surface area contributed by atoms with Gasteiger partial charge in [-0.1, -0.05) is 24.3 Å². The van der Waals surface area contributed by atoms with Crippen molar-refractivity contribution in [1.29, 1.82) is 0 Å². The Kier molecular flexibility index (Phi) is 5.91. The molecule has 1 heterocycles. The van der Waals surface area contributed by atoms with Crippen molar-refractivity contribution in [2.24, 2.45) is 0 Å². The van der Waals surface area contributed by atoms with Gasteiger partial charge in [0.1, 0.15) is 18.5 Å². The van der Waals surface area contributed by atoms with E-state index in [9.17, 15) is 5.11 Å². The van der Waals surface area contributed by atoms with Crippen LogP contribution in [0.5, 0.6) is 5.75 Å². The predicted molar refractivity (Wildman–Crippen MR) is 102 cm³/mol. The van der Waals surface area contributed by atoms with Gasteiger partial charge in [0.05, 0.1) is 0 Å². The van der Waals surface area contributed by atoms with Crippen molar-refractivity contribution in [3.8, 4) is 16.9 Å². The van der Waals surface area contributed by atoms with Crippen LogP contribution in [0.15, 0.2) is 48.5 Å². The number of hydrogen-bond donors (Lipinski definition) is 1. The number of nitrogens with zero attached hydrogens (tertiary/aromatic N) is 1. The highest BCUT2D eigenvalue weighted by Crippen LogP contribution is 2.23. The molecule has 0 aliphatic carbocycles. The van der Waals surface area contributed by atoms with Gasteiger partial charge in [-0.3, -0.25) is 0 Å². The fourth-order valence-electron chi connectivity index (χ4n) is 2.89. The van der Waals surface area contributed by atoms with Crippen LogP contribution in [0.4, 0.5) is 0 Å². The summed E-state index contributed by atoms with van der Waals surface area (Å²) in [6.45, 7) is 3.25. The van der Waals surface area contributed by atoms with Crippen molar-refractivity contribution in [1.82, 2.24) is 4.90 Å². The topological polar surface area (TPSA) is 32.7 Å². The number of ether oxygens (including phenoxy) is 1. The first-order valence-corrected chi connectivity index (χ1v) is 9.18. The second kappa shape index (κ2) is 8.13. The highest BCUT2D eigenvalue weighted by molar-refractivity contribution is 14.1. The third kappa shape index (κ3) is 4.93. The molecule has 0 aromatic heterocycles. The van der Waals surface area contributed by atoms with Gasteiger partial charge < -0.3 is 14.7 Å². The zero-order valence-corrected chi connectivity index (χ0v) is 15.3. The molecule has 2 aromatic rings. The lowest BCUT2D eigenvalue weighted by Gasteiger charge is -2.19. The standard InChI is InChI=1S/C19H22INO2/c20-17-7-3-15(4-8-17)16-5-9-19(10-6-16)23-14-18(22)13-21-11-1-2-12-21/h3-10,18,22H,1-2,11-14H2. The molecule has 3 nitrogen and oxygen atoms in total. The monoisotopic (exact) mass is 423 g/mol. The molecular formula is C19H22INO2. The average Bonchev–Trinajstić information content (AvgIpc) is 3.07. The Morgan fingerprint density at radius 1 is 0.957 bits per heavy atom. The van der Waals surface area contributed by atoms with Crippen LogP contribution in [0.1, 0.15) is 12.8 Å². The van der Waals surface area contributed by atoms with Gasteiger partial charge in [0, 0.05) is 10.1 Å². The molecule has 1 aliphatic heterocycles. The molecule has 1 saturated heterocycles. The molecule has 0 saturated carbocycles. The van der Waals surface area contributed by atoms with Crippen LogP contribution in [0.3, 0.4) is 0 Å². The van der Waals surface area contributed by atoms with Gasteiger partial charge in [0.25, 0.3) is 0 Å². The summed E-state index contributed by atoms with van der Waals surface area (Å²) in [7, 11) is 0. The quantitative estimate of drug-likeness (QED) is 0.718. The number of aliphatic hydroxyl groups is 1. The van der Waals surface area contributed by atoms with E-state index >= 15 is 0 Å². The molecule has 0 bridgehead atoms. The number of benzene rings is 2. The molecule has 23 heavy (non-hydrogen) atoms. The summed E-state index contributed by atoms with van der Waals surface area (Å²) in [5.41, 5.74) is 2.37. The number of β-amino-alcohol motifs (C(OH)–C–C–N with tert-alkyl or cyclic N) is 1. The molecule has 122 valence electrons. The van der Waals surface area contributed by atoms with E-state index in [1.807, 2.05) is 12.1 Å². The predicted octanol–water partition coefficient (Wildman–Crippen LogP) is 3.79. The van der Waals surface area contributed by atoms with Gasteiger partial charge in [-0.15, -0.1) is 0 Å². The summed E-state index contributed by atoms with van der Waals surface area (Å²) in [6.07, 6.45) is 2.06. The van der Waals surface area contributed by atoms with Gasteiger partial charge in [0.2, 0.25) is 0 Å². The smallest absolute Gasteiger partial charge is 0.119 e. The van der Waals surface area contributed by atoms with Crippen molar-refractivity contribution in [3.63, 3.8) is 0 Å². The Hall–Kier alpha value is -1.11. The van der Waals surface area contributed by atoms with Crippen LogP contribution in [-0.4, -0.2) is 42.4 Å². The molecule has 0 spiro atoms. The van der Waals surface area contributed by atoms with Crippen LogP contribution < -0.4 is 4.74 Å². The van der Waals surface area contributed by atoms with Gasteiger partial charge in [-0.2, -0.15) is 0 Å². The summed E-state index contributed by atoms with van der Waals surface area (Å²) in [6, 6.07) is 16.5. The normalized spacial score (nSPS) is 16.4. The van der Waals surface area contributed by atoms with Crippen molar-refractivity contribution in [2.45, 2.75) is 18.9 Å². The lowest BCUT2D eigenvalue weighted by molar-refractivity contribution is 0.0758. The van der Waals surface area contributed by atoms with Gasteiger partial charge in [-0.25, -0.2) is 0 Å². The molecular weight excluding hydrogens is 401 g/mol. The third-order valence-electron chi connectivity index (χ3n) is 4.14. The molecule has 1 unspecified atom stereocenters. The zero-order valence-electron chi connectivity index (χ0n) is 13.1. The average molecular weight is 423 g/mol. The third-order valence-corrected chi connectivity index (χ3v) is 4.86. The number of aliphatic hydroxyl groups excluding tert-OH is 1. The van der Waals surface area contributed by atoms with Crippen molar-refractivity contribution in [3.05, 3.63) is 52.1 Å². The summed E-state index contributed by atoms with van der Waals surface area (Å²) in [5, 5.41) is 10.1. The molecule has 0 radical (unpaired) electrons. The maximum atomic E-state index is 10.1. The van der Waals surface area contributed by atoms with Gasteiger partial charge in [0.15, 0.2) is 0 Å². The molecule has 1 N–H and O–H groups in total. The molecule has 0 amide bonds. The molecule has 1 atom stereocenters. The van der Waals surface area contributed by atoms with E-state index in [0.29, 0.717) is 13.2 Å². The highest BCUT2D eigenvalue weighted by Gasteiger charge is 2.16. The minimum atomic E-state index is -0.427. The second-order valence-electron chi connectivity index (χ2n) is 6.00. The largest absolute Gasteiger partial charge is 0.491 e. The summed E-state index contributed by atoms with van der Waals surface area (Å²) < 4.78 is 6.94. The molecule has 2 aromatic carbocycles. The molecule has 3 rings (SSSR count). The summed E-state index contributed by atoms with van der Waals surface area (Å²) in [5.74, 6) is 0.805. The molecule has 4 heteroatoms. The first kappa shape index (κ1) is 16.7. The van der Waals surface area contributed by atoms with E-state index < -0.39 is 6.10 Å². The Morgan fingerprint density at radius 2 is 1.52 bits per heavy atom. The van der Waals surface area contributed by atoms with Crippen LogP contribution in [0.25, 0.3) is 11.1 Å². The maximum absolute atomic E-state index is 10.1. The van der Waals surface area contributed by atoms with E-state index in [2.05, 4.69) is 63.9 Å². The van der Waals surface area contributed by atoms with Crippen LogP contribution in [0, 0.1) is 3.57 Å². The number of likely N-dealkylation sites (tertiary alicyclic amines) is 1. The molecule has 1 aliphatic rings. The number of rotatable bonds is 6. The first-order valence-electron chi connectivity index (χ1n) is 8.10. The Labute approximate surface area is 151 Å². The van der Waals surface area contributed by atoms with Gasteiger partial charge in [-0.05, 0) is 83.9 Å². The second-order valence-corrected chi connectivity index (χ2v) is 7.25. The van der Waals surface area contributed by atoms with Gasteiger partial charge >= 0.3 is 0 Å². The zero-order chi connectivity index (χ0) is 16.1. The maximum Gasteiger partial charge on any atom is 0.119 e. The van der Waals surface area contributed by atoms with Crippen LogP contribution >= 0.6 is 22.6 Å². The number of halogens is 1. The Bertz CT molecular complexity index is 606. The number of hydrogen-bond acceptors (Lipinski definition) is 3. The van der Waals surface area contributed by atoms with E-state index in [-0.39, 0.29) is 0 Å². The Morgan fingerprint density at radius 3 is 2.13 bits per heavy atom. The van der Waals surface area contributed by atoms with Crippen molar-refractivity contribution < 1.29 is 9.84 Å². The lowest BCUT2D eigenvalue weighted by atomic mass is 10.1. The SMILES string of the molecule is OC(COc1ccc(-c2ccc(I)cc2)cc1)CN1CCCC1. The van der Waals surface area contributed by atoms with E-state index in [0.717, 1.165) is 18.8 Å².